The van der Waals surface area contributed by atoms with Crippen LogP contribution < -0.4 is 5.32 Å². The first-order valence-electron chi connectivity index (χ1n) is 5.74. The number of halogens is 2. The van der Waals surface area contributed by atoms with Crippen LogP contribution in [0.5, 0.6) is 0 Å². The molecule has 0 aromatic heterocycles. The van der Waals surface area contributed by atoms with E-state index in [4.69, 9.17) is 0 Å². The number of hydrogen-bond donors (Lipinski definition) is 1. The molecule has 0 saturated carbocycles. The lowest BCUT2D eigenvalue weighted by Gasteiger charge is -2.37. The molecule has 1 fully saturated rings. The Morgan fingerprint density at radius 2 is 1.69 bits per heavy atom. The van der Waals surface area contributed by atoms with Crippen LogP contribution in [0.1, 0.15) is 25.3 Å². The van der Waals surface area contributed by atoms with E-state index < -0.39 is 11.6 Å². The van der Waals surface area contributed by atoms with Gasteiger partial charge in [0.25, 0.3) is 0 Å². The molecule has 1 aliphatic heterocycles. The van der Waals surface area contributed by atoms with Crippen molar-refractivity contribution < 1.29 is 8.78 Å². The van der Waals surface area contributed by atoms with Crippen molar-refractivity contribution in [1.82, 2.24) is 5.32 Å². The van der Waals surface area contributed by atoms with Crippen LogP contribution in [0.3, 0.4) is 0 Å². The molecule has 3 heteroatoms. The SMILES string of the molecule is CC(C)[C@H](c1cc(F)cc(F)c1)C1CNC1. The summed E-state index contributed by atoms with van der Waals surface area (Å²) in [5.41, 5.74) is 0.791. The van der Waals surface area contributed by atoms with Crippen LogP contribution in [0.2, 0.25) is 0 Å². The zero-order valence-corrected chi connectivity index (χ0v) is 9.63. The molecule has 1 heterocycles. The maximum Gasteiger partial charge on any atom is 0.126 e. The van der Waals surface area contributed by atoms with Crippen molar-refractivity contribution in [1.29, 1.82) is 0 Å². The Morgan fingerprint density at radius 1 is 1.12 bits per heavy atom. The van der Waals surface area contributed by atoms with Crippen molar-refractivity contribution in [3.05, 3.63) is 35.4 Å². The van der Waals surface area contributed by atoms with Crippen molar-refractivity contribution in [3.63, 3.8) is 0 Å². The van der Waals surface area contributed by atoms with Crippen LogP contribution in [-0.4, -0.2) is 13.1 Å². The van der Waals surface area contributed by atoms with Crippen LogP contribution in [0.15, 0.2) is 18.2 Å². The van der Waals surface area contributed by atoms with E-state index in [9.17, 15) is 8.78 Å². The predicted molar refractivity (Wildman–Crippen MR) is 60.3 cm³/mol. The molecule has 88 valence electrons. The van der Waals surface area contributed by atoms with E-state index in [-0.39, 0.29) is 5.92 Å². The quantitative estimate of drug-likeness (QED) is 0.834. The average Bonchev–Trinajstić information content (AvgIpc) is 2.08. The molecule has 0 aliphatic carbocycles. The van der Waals surface area contributed by atoms with Gasteiger partial charge in [0.1, 0.15) is 11.6 Å². The molecule has 0 amide bonds. The van der Waals surface area contributed by atoms with Gasteiger partial charge in [-0.05, 0) is 48.5 Å². The van der Waals surface area contributed by atoms with Crippen molar-refractivity contribution in [2.75, 3.05) is 13.1 Å². The molecular formula is C13H17F2N. The standard InChI is InChI=1S/C13H17F2N/c1-8(2)13(10-6-16-7-10)9-3-11(14)5-12(15)4-9/h3-5,8,10,13,16H,6-7H2,1-2H3/t13-/m1/s1. The van der Waals surface area contributed by atoms with Gasteiger partial charge in [-0.15, -0.1) is 0 Å². The molecule has 1 aromatic rings. The van der Waals surface area contributed by atoms with E-state index in [1.807, 2.05) is 0 Å². The summed E-state index contributed by atoms with van der Waals surface area (Å²) < 4.78 is 26.4. The molecule has 1 aromatic carbocycles. The lowest BCUT2D eigenvalue weighted by Crippen LogP contribution is -2.46. The van der Waals surface area contributed by atoms with Gasteiger partial charge in [0.15, 0.2) is 0 Å². The van der Waals surface area contributed by atoms with E-state index in [2.05, 4.69) is 19.2 Å². The topological polar surface area (TPSA) is 12.0 Å². The van der Waals surface area contributed by atoms with Gasteiger partial charge in [0.05, 0.1) is 0 Å². The van der Waals surface area contributed by atoms with Crippen LogP contribution in [0, 0.1) is 23.5 Å². The molecule has 0 unspecified atom stereocenters. The molecule has 0 radical (unpaired) electrons. The second kappa shape index (κ2) is 4.50. The highest BCUT2D eigenvalue weighted by molar-refractivity contribution is 5.24. The number of hydrogen-bond acceptors (Lipinski definition) is 1. The second-order valence-electron chi connectivity index (χ2n) is 4.89. The molecule has 1 N–H and O–H groups in total. The fourth-order valence-corrected chi connectivity index (χ4v) is 2.53. The average molecular weight is 225 g/mol. The molecule has 1 saturated heterocycles. The Bertz CT molecular complexity index is 352. The summed E-state index contributed by atoms with van der Waals surface area (Å²) in [6.07, 6.45) is 0. The summed E-state index contributed by atoms with van der Waals surface area (Å²) in [4.78, 5) is 0. The predicted octanol–water partition coefficient (Wildman–Crippen LogP) is 2.92. The smallest absolute Gasteiger partial charge is 0.126 e. The first-order valence-corrected chi connectivity index (χ1v) is 5.74. The van der Waals surface area contributed by atoms with Crippen LogP contribution in [0.25, 0.3) is 0 Å². The van der Waals surface area contributed by atoms with Gasteiger partial charge < -0.3 is 5.32 Å². The van der Waals surface area contributed by atoms with Crippen molar-refractivity contribution in [2.45, 2.75) is 19.8 Å². The zero-order chi connectivity index (χ0) is 11.7. The Morgan fingerprint density at radius 3 is 2.06 bits per heavy atom. The van der Waals surface area contributed by atoms with Crippen LogP contribution >= 0.6 is 0 Å². The molecule has 0 bridgehead atoms. The van der Waals surface area contributed by atoms with Crippen LogP contribution in [0.4, 0.5) is 8.78 Å². The third-order valence-corrected chi connectivity index (χ3v) is 3.31. The van der Waals surface area contributed by atoms with Gasteiger partial charge in [-0.2, -0.15) is 0 Å². The maximum absolute atomic E-state index is 13.2. The number of nitrogens with one attached hydrogen (secondary N) is 1. The molecular weight excluding hydrogens is 208 g/mol. The van der Waals surface area contributed by atoms with Gasteiger partial charge >= 0.3 is 0 Å². The number of benzene rings is 1. The minimum atomic E-state index is -0.479. The van der Waals surface area contributed by atoms with Gasteiger partial charge in [-0.25, -0.2) is 8.78 Å². The van der Waals surface area contributed by atoms with Gasteiger partial charge in [-0.3, -0.25) is 0 Å². The van der Waals surface area contributed by atoms with Gasteiger partial charge in [0.2, 0.25) is 0 Å². The van der Waals surface area contributed by atoms with E-state index >= 15 is 0 Å². The number of rotatable bonds is 3. The lowest BCUT2D eigenvalue weighted by atomic mass is 9.75. The highest BCUT2D eigenvalue weighted by Crippen LogP contribution is 2.34. The fraction of sp³-hybridized carbons (Fsp3) is 0.538. The molecule has 1 atom stereocenters. The molecule has 16 heavy (non-hydrogen) atoms. The lowest BCUT2D eigenvalue weighted by molar-refractivity contribution is 0.246. The second-order valence-corrected chi connectivity index (χ2v) is 4.89. The zero-order valence-electron chi connectivity index (χ0n) is 9.63. The largest absolute Gasteiger partial charge is 0.316 e. The summed E-state index contributed by atoms with van der Waals surface area (Å²) >= 11 is 0. The Labute approximate surface area is 94.9 Å². The Balaban J connectivity index is 2.30. The van der Waals surface area contributed by atoms with E-state index in [0.717, 1.165) is 24.7 Å². The Kier molecular flexibility index (Phi) is 3.24. The maximum atomic E-state index is 13.2. The summed E-state index contributed by atoms with van der Waals surface area (Å²) in [6, 6.07) is 3.86. The van der Waals surface area contributed by atoms with E-state index in [1.165, 1.54) is 12.1 Å². The molecule has 1 aliphatic rings. The minimum Gasteiger partial charge on any atom is -0.316 e. The first-order chi connectivity index (χ1) is 7.58. The molecule has 2 rings (SSSR count). The normalized spacial score (nSPS) is 18.6. The third-order valence-electron chi connectivity index (χ3n) is 3.31. The summed E-state index contributed by atoms with van der Waals surface area (Å²) in [5.74, 6) is 0.182. The summed E-state index contributed by atoms with van der Waals surface area (Å²) in [7, 11) is 0. The summed E-state index contributed by atoms with van der Waals surface area (Å²) in [5, 5.41) is 3.21. The van der Waals surface area contributed by atoms with E-state index in [1.54, 1.807) is 0 Å². The summed E-state index contributed by atoms with van der Waals surface area (Å²) in [6.45, 7) is 6.10. The molecule has 0 spiro atoms. The highest BCUT2D eigenvalue weighted by atomic mass is 19.1. The fourth-order valence-electron chi connectivity index (χ4n) is 2.53. The van der Waals surface area contributed by atoms with E-state index in [0.29, 0.717) is 11.8 Å². The van der Waals surface area contributed by atoms with Crippen molar-refractivity contribution in [3.8, 4) is 0 Å². The van der Waals surface area contributed by atoms with Crippen LogP contribution in [-0.2, 0) is 0 Å². The monoisotopic (exact) mass is 225 g/mol. The van der Waals surface area contributed by atoms with Crippen molar-refractivity contribution >= 4 is 0 Å². The third kappa shape index (κ3) is 2.24. The highest BCUT2D eigenvalue weighted by Gasteiger charge is 2.30. The Hall–Kier alpha value is -0.960. The minimum absolute atomic E-state index is 0.242. The van der Waals surface area contributed by atoms with Gasteiger partial charge in [-0.1, -0.05) is 13.8 Å². The first kappa shape index (κ1) is 11.5. The van der Waals surface area contributed by atoms with Crippen molar-refractivity contribution in [2.24, 2.45) is 11.8 Å². The van der Waals surface area contributed by atoms with Gasteiger partial charge in [0, 0.05) is 6.07 Å². The molecule has 1 nitrogen and oxygen atoms in total.